The second-order valence-electron chi connectivity index (χ2n) is 9.98. The number of pyridine rings is 1. The molecule has 0 atom stereocenters. The van der Waals surface area contributed by atoms with Gasteiger partial charge in [-0.25, -0.2) is 24.3 Å². The molecular formula is C25H28FN9O. The van der Waals surface area contributed by atoms with Crippen LogP contribution in [0.15, 0.2) is 30.9 Å². The molecule has 4 aromatic rings. The van der Waals surface area contributed by atoms with Crippen LogP contribution in [0, 0.1) is 12.7 Å². The van der Waals surface area contributed by atoms with Crippen molar-refractivity contribution in [1.29, 1.82) is 0 Å². The van der Waals surface area contributed by atoms with E-state index < -0.39 is 5.82 Å². The Bertz CT molecular complexity index is 1410. The second-order valence-corrected chi connectivity index (χ2v) is 9.98. The summed E-state index contributed by atoms with van der Waals surface area (Å²) in [5, 5.41) is 7.76. The van der Waals surface area contributed by atoms with Crippen LogP contribution in [0.25, 0.3) is 22.3 Å². The lowest BCUT2D eigenvalue weighted by molar-refractivity contribution is 0.194. The van der Waals surface area contributed by atoms with Crippen LogP contribution in [-0.2, 0) is 0 Å². The van der Waals surface area contributed by atoms with Crippen LogP contribution in [0.1, 0.15) is 44.5 Å². The number of rotatable bonds is 6. The molecule has 6 rings (SSSR count). The first-order valence-electron chi connectivity index (χ1n) is 12.2. The van der Waals surface area contributed by atoms with E-state index >= 15 is 4.39 Å². The molecule has 1 aliphatic heterocycles. The number of hydrogen-bond donors (Lipinski definition) is 1. The zero-order valence-corrected chi connectivity index (χ0v) is 20.6. The van der Waals surface area contributed by atoms with E-state index in [1.54, 1.807) is 25.5 Å². The van der Waals surface area contributed by atoms with E-state index in [9.17, 15) is 0 Å². The highest BCUT2D eigenvalue weighted by molar-refractivity contribution is 5.83. The van der Waals surface area contributed by atoms with Gasteiger partial charge >= 0.3 is 0 Å². The average molecular weight is 490 g/mol. The normalized spacial score (nSPS) is 17.9. The fourth-order valence-corrected chi connectivity index (χ4v) is 4.36. The monoisotopic (exact) mass is 489 g/mol. The van der Waals surface area contributed by atoms with Gasteiger partial charge in [0.15, 0.2) is 11.3 Å². The number of nitrogens with one attached hydrogen (secondary N) is 1. The maximum atomic E-state index is 15.1. The number of piperidine rings is 1. The number of fused-ring (bicyclic) bond motifs is 1. The van der Waals surface area contributed by atoms with Crippen LogP contribution in [0.2, 0.25) is 0 Å². The van der Waals surface area contributed by atoms with E-state index in [4.69, 9.17) is 4.74 Å². The van der Waals surface area contributed by atoms with Gasteiger partial charge in [0.25, 0.3) is 0 Å². The van der Waals surface area contributed by atoms with Crippen molar-refractivity contribution in [1.82, 2.24) is 39.6 Å². The molecule has 186 valence electrons. The quantitative estimate of drug-likeness (QED) is 0.429. The van der Waals surface area contributed by atoms with Gasteiger partial charge in [-0.1, -0.05) is 0 Å². The molecule has 1 saturated carbocycles. The fourth-order valence-electron chi connectivity index (χ4n) is 4.36. The first-order valence-corrected chi connectivity index (χ1v) is 12.2. The van der Waals surface area contributed by atoms with Crippen LogP contribution < -0.4 is 10.1 Å². The van der Waals surface area contributed by atoms with Gasteiger partial charge in [0, 0.05) is 30.2 Å². The third kappa shape index (κ3) is 4.58. The molecule has 4 aromatic heterocycles. The van der Waals surface area contributed by atoms with Crippen molar-refractivity contribution in [3.05, 3.63) is 42.5 Å². The molecule has 36 heavy (non-hydrogen) atoms. The van der Waals surface area contributed by atoms with E-state index in [2.05, 4.69) is 47.3 Å². The van der Waals surface area contributed by atoms with Crippen molar-refractivity contribution in [2.24, 2.45) is 0 Å². The Labute approximate surface area is 208 Å². The summed E-state index contributed by atoms with van der Waals surface area (Å²) in [5.74, 6) is 0.707. The highest BCUT2D eigenvalue weighted by Gasteiger charge is 2.41. The maximum Gasteiger partial charge on any atom is 0.246 e. The molecule has 1 saturated heterocycles. The molecule has 0 aromatic carbocycles. The maximum absolute atomic E-state index is 15.1. The number of anilines is 2. The molecule has 2 aliphatic rings. The Morgan fingerprint density at radius 2 is 1.83 bits per heavy atom. The molecule has 0 radical (unpaired) electrons. The summed E-state index contributed by atoms with van der Waals surface area (Å²) in [6.45, 7) is 5.90. The summed E-state index contributed by atoms with van der Waals surface area (Å²) in [6.07, 6.45) is 10.8. The van der Waals surface area contributed by atoms with Crippen molar-refractivity contribution in [2.75, 3.05) is 25.5 Å². The van der Waals surface area contributed by atoms with Gasteiger partial charge in [0.1, 0.15) is 22.6 Å². The zero-order valence-electron chi connectivity index (χ0n) is 20.6. The predicted octanol–water partition coefficient (Wildman–Crippen LogP) is 4.07. The molecule has 5 heterocycles. The summed E-state index contributed by atoms with van der Waals surface area (Å²) >= 11 is 0. The van der Waals surface area contributed by atoms with E-state index in [1.807, 2.05) is 17.8 Å². The lowest BCUT2D eigenvalue weighted by Crippen LogP contribution is -2.31. The molecular weight excluding hydrogens is 461 g/mol. The average Bonchev–Trinajstić information content (AvgIpc) is 3.39. The van der Waals surface area contributed by atoms with Gasteiger partial charge in [-0.3, -0.25) is 4.68 Å². The van der Waals surface area contributed by atoms with Gasteiger partial charge < -0.3 is 15.0 Å². The number of nitrogens with zero attached hydrogens (tertiary/aromatic N) is 8. The van der Waals surface area contributed by atoms with Gasteiger partial charge in [0.05, 0.1) is 17.9 Å². The van der Waals surface area contributed by atoms with E-state index in [-0.39, 0.29) is 11.3 Å². The fraction of sp³-hybridized carbons (Fsp3) is 0.440. The molecule has 11 heteroatoms. The molecule has 0 unspecified atom stereocenters. The molecule has 0 spiro atoms. The Kier molecular flexibility index (Phi) is 5.51. The molecule has 0 bridgehead atoms. The predicted molar refractivity (Wildman–Crippen MR) is 133 cm³/mol. The smallest absolute Gasteiger partial charge is 0.246 e. The minimum absolute atomic E-state index is 0.136. The number of likely N-dealkylation sites (tertiary alicyclic amines) is 1. The van der Waals surface area contributed by atoms with E-state index in [1.165, 1.54) is 6.07 Å². The van der Waals surface area contributed by atoms with Gasteiger partial charge in [0.2, 0.25) is 11.8 Å². The molecule has 10 nitrogen and oxygen atoms in total. The lowest BCUT2D eigenvalue weighted by Gasteiger charge is -2.28. The summed E-state index contributed by atoms with van der Waals surface area (Å²) in [7, 11) is 2.14. The molecule has 0 amide bonds. The minimum Gasteiger partial charge on any atom is -0.470 e. The summed E-state index contributed by atoms with van der Waals surface area (Å²) in [4.78, 5) is 24.4. The number of halogens is 1. The Hall–Kier alpha value is -3.73. The minimum atomic E-state index is -0.515. The number of aryl methyl sites for hydroxylation is 1. The van der Waals surface area contributed by atoms with E-state index in [0.29, 0.717) is 40.3 Å². The highest BCUT2D eigenvalue weighted by atomic mass is 19.1. The lowest BCUT2D eigenvalue weighted by atomic mass is 10.1. The van der Waals surface area contributed by atoms with Gasteiger partial charge in [-0.2, -0.15) is 10.1 Å². The van der Waals surface area contributed by atoms with Crippen LogP contribution >= 0.6 is 0 Å². The van der Waals surface area contributed by atoms with Crippen molar-refractivity contribution < 1.29 is 9.13 Å². The van der Waals surface area contributed by atoms with Crippen molar-refractivity contribution in [3.8, 4) is 17.1 Å². The summed E-state index contributed by atoms with van der Waals surface area (Å²) in [6, 6.07) is 1.72. The van der Waals surface area contributed by atoms with Crippen LogP contribution in [0.3, 0.4) is 0 Å². The SMILES string of the molecule is Cc1ncc(-c2nc3c(OC4(C)CC4)nc(Nc4cnn(C5CCN(C)CC5)c4)nc3cc2F)cn1. The number of hydrogen-bond acceptors (Lipinski definition) is 9. The van der Waals surface area contributed by atoms with Gasteiger partial charge in [-0.15, -0.1) is 0 Å². The topological polar surface area (TPSA) is 107 Å². The van der Waals surface area contributed by atoms with Crippen LogP contribution in [0.4, 0.5) is 16.0 Å². The Morgan fingerprint density at radius 3 is 2.56 bits per heavy atom. The largest absolute Gasteiger partial charge is 0.470 e. The third-order valence-corrected chi connectivity index (χ3v) is 6.86. The van der Waals surface area contributed by atoms with Crippen LogP contribution in [0.5, 0.6) is 5.88 Å². The highest BCUT2D eigenvalue weighted by Crippen LogP contribution is 2.41. The van der Waals surface area contributed by atoms with Gasteiger partial charge in [-0.05, 0) is 59.7 Å². The molecule has 1 aliphatic carbocycles. The Morgan fingerprint density at radius 1 is 1.08 bits per heavy atom. The Balaban J connectivity index is 1.34. The molecule has 2 fully saturated rings. The zero-order chi connectivity index (χ0) is 24.9. The number of aromatic nitrogens is 7. The second kappa shape index (κ2) is 8.74. The van der Waals surface area contributed by atoms with Crippen LogP contribution in [-0.4, -0.2) is 65.3 Å². The van der Waals surface area contributed by atoms with Crippen molar-refractivity contribution in [3.63, 3.8) is 0 Å². The number of ether oxygens (including phenoxy) is 1. The summed E-state index contributed by atoms with van der Waals surface area (Å²) in [5.41, 5.74) is 1.82. The molecule has 1 N–H and O–H groups in total. The summed E-state index contributed by atoms with van der Waals surface area (Å²) < 4.78 is 23.4. The third-order valence-electron chi connectivity index (χ3n) is 6.86. The van der Waals surface area contributed by atoms with E-state index in [0.717, 1.165) is 44.5 Å². The first kappa shape index (κ1) is 22.7. The van der Waals surface area contributed by atoms with Crippen molar-refractivity contribution >= 4 is 22.7 Å². The van der Waals surface area contributed by atoms with Crippen molar-refractivity contribution in [2.45, 2.75) is 51.2 Å². The first-order chi connectivity index (χ1) is 17.3. The standard InChI is InChI=1S/C25H28FN9O/c1-15-27-11-16(12-28-15)21-19(26)10-20-22(32-21)23(36-25(2)6-7-25)33-24(31-20)30-17-13-29-35(14-17)18-4-8-34(3)9-5-18/h10-14,18H,4-9H2,1-3H3,(H,30,31,33).